The lowest BCUT2D eigenvalue weighted by Crippen LogP contribution is -2.56. The van der Waals surface area contributed by atoms with Gasteiger partial charge in [0.25, 0.3) is 0 Å². The largest absolute Gasteiger partial charge is 0.463 e. The lowest BCUT2D eigenvalue weighted by molar-refractivity contribution is -0.139. The first-order valence-electron chi connectivity index (χ1n) is 13.0. The van der Waals surface area contributed by atoms with E-state index in [2.05, 4.69) is 10.2 Å². The second-order valence-electron chi connectivity index (χ2n) is 9.63. The highest BCUT2D eigenvalue weighted by atomic mass is 32.2. The molecular formula is C28H36N4O5S. The Morgan fingerprint density at radius 3 is 2.45 bits per heavy atom. The second kappa shape index (κ2) is 11.7. The van der Waals surface area contributed by atoms with E-state index >= 15 is 0 Å². The summed E-state index contributed by atoms with van der Waals surface area (Å²) in [6, 6.07) is 14.9. The fourth-order valence-electron chi connectivity index (χ4n) is 5.21. The third kappa shape index (κ3) is 5.62. The summed E-state index contributed by atoms with van der Waals surface area (Å²) in [6.45, 7) is 9.60. The van der Waals surface area contributed by atoms with Crippen LogP contribution in [0.3, 0.4) is 0 Å². The third-order valence-electron chi connectivity index (χ3n) is 7.00. The molecule has 2 aliphatic rings. The van der Waals surface area contributed by atoms with Crippen LogP contribution < -0.4 is 5.32 Å². The maximum atomic E-state index is 13.3. The Balaban J connectivity index is 1.66. The molecule has 2 aromatic carbocycles. The van der Waals surface area contributed by atoms with Gasteiger partial charge in [0.1, 0.15) is 0 Å². The quantitative estimate of drug-likeness (QED) is 0.516. The van der Waals surface area contributed by atoms with E-state index in [1.807, 2.05) is 45.0 Å². The van der Waals surface area contributed by atoms with Crippen LogP contribution in [0.4, 0.5) is 4.79 Å². The molecule has 10 heteroatoms. The maximum absolute atomic E-state index is 13.3. The first kappa shape index (κ1) is 27.8. The fraction of sp³-hybridized carbons (Fsp3) is 0.429. The molecule has 2 heterocycles. The summed E-state index contributed by atoms with van der Waals surface area (Å²) < 4.78 is 33.5. The molecule has 0 bridgehead atoms. The van der Waals surface area contributed by atoms with Crippen molar-refractivity contribution in [1.82, 2.24) is 19.4 Å². The zero-order chi connectivity index (χ0) is 27.4. The number of hydrogen-bond acceptors (Lipinski definition) is 6. The van der Waals surface area contributed by atoms with Crippen LogP contribution in [0, 0.1) is 6.92 Å². The van der Waals surface area contributed by atoms with E-state index < -0.39 is 22.0 Å². The molecule has 1 fully saturated rings. The van der Waals surface area contributed by atoms with E-state index in [1.165, 1.54) is 4.31 Å². The van der Waals surface area contributed by atoms with Crippen molar-refractivity contribution in [2.24, 2.45) is 0 Å². The fourth-order valence-corrected chi connectivity index (χ4v) is 6.85. The van der Waals surface area contributed by atoms with Crippen LogP contribution in [0.15, 0.2) is 70.8 Å². The van der Waals surface area contributed by atoms with E-state index in [1.54, 1.807) is 42.2 Å². The Bertz CT molecular complexity index is 1310. The molecule has 0 spiro atoms. The molecular weight excluding hydrogens is 504 g/mol. The molecule has 0 radical (unpaired) electrons. The number of amides is 2. The Kier molecular flexibility index (Phi) is 8.54. The number of esters is 1. The minimum Gasteiger partial charge on any atom is -0.463 e. The van der Waals surface area contributed by atoms with E-state index in [-0.39, 0.29) is 23.6 Å². The van der Waals surface area contributed by atoms with E-state index in [4.69, 9.17) is 4.74 Å². The molecule has 2 aromatic rings. The van der Waals surface area contributed by atoms with Gasteiger partial charge in [-0.3, -0.25) is 9.80 Å². The molecule has 2 aliphatic heterocycles. The molecule has 1 N–H and O–H groups in total. The predicted molar refractivity (Wildman–Crippen MR) is 145 cm³/mol. The van der Waals surface area contributed by atoms with Crippen molar-refractivity contribution < 1.29 is 22.7 Å². The Morgan fingerprint density at radius 1 is 1.08 bits per heavy atom. The number of urea groups is 1. The van der Waals surface area contributed by atoms with Crippen molar-refractivity contribution in [1.29, 1.82) is 0 Å². The number of ether oxygens (including phenoxy) is 1. The summed E-state index contributed by atoms with van der Waals surface area (Å²) in [4.78, 5) is 30.5. The van der Waals surface area contributed by atoms with Gasteiger partial charge >= 0.3 is 12.0 Å². The van der Waals surface area contributed by atoms with Crippen LogP contribution in [0.2, 0.25) is 0 Å². The standard InChI is InChI=1S/C28H36N4O5S/c1-5-31-24(19-30-15-16-32(21(4)18-30)38(35,36)23-13-8-7-9-14-23)25(27(33)37-6-2)26(29-28(31)34)22-12-10-11-20(3)17-22/h7-14,17,21,26H,5-6,15-16,18-19H2,1-4H3,(H,29,34)/t21-,26-/m0/s1. The van der Waals surface area contributed by atoms with Gasteiger partial charge in [-0.15, -0.1) is 0 Å². The predicted octanol–water partition coefficient (Wildman–Crippen LogP) is 3.29. The van der Waals surface area contributed by atoms with Gasteiger partial charge in [-0.1, -0.05) is 48.0 Å². The molecule has 4 rings (SSSR count). The van der Waals surface area contributed by atoms with Crippen LogP contribution in [0.5, 0.6) is 0 Å². The van der Waals surface area contributed by atoms with Gasteiger partial charge in [-0.05, 0) is 45.4 Å². The summed E-state index contributed by atoms with van der Waals surface area (Å²) in [6.07, 6.45) is 0. The zero-order valence-electron chi connectivity index (χ0n) is 22.4. The zero-order valence-corrected chi connectivity index (χ0v) is 23.2. The number of nitrogens with zero attached hydrogens (tertiary/aromatic N) is 3. The average Bonchev–Trinajstić information content (AvgIpc) is 2.89. The monoisotopic (exact) mass is 540 g/mol. The van der Waals surface area contributed by atoms with Crippen molar-refractivity contribution in [2.45, 2.75) is 44.7 Å². The molecule has 0 aromatic heterocycles. The number of carbonyl (C=O) groups is 2. The number of carbonyl (C=O) groups excluding carboxylic acids is 2. The van der Waals surface area contributed by atoms with Gasteiger partial charge in [-0.25, -0.2) is 18.0 Å². The summed E-state index contributed by atoms with van der Waals surface area (Å²) in [5, 5.41) is 2.99. The van der Waals surface area contributed by atoms with Gasteiger partial charge < -0.3 is 10.1 Å². The second-order valence-corrected chi connectivity index (χ2v) is 11.5. The number of rotatable bonds is 8. The Labute approximate surface area is 225 Å². The van der Waals surface area contributed by atoms with Gasteiger partial charge in [0.05, 0.1) is 23.1 Å². The van der Waals surface area contributed by atoms with Crippen LogP contribution in [-0.2, 0) is 19.6 Å². The van der Waals surface area contributed by atoms with Gasteiger partial charge in [0, 0.05) is 44.5 Å². The minimum atomic E-state index is -3.63. The number of hydrogen-bond donors (Lipinski definition) is 1. The highest BCUT2D eigenvalue weighted by Gasteiger charge is 2.40. The third-order valence-corrected chi connectivity index (χ3v) is 9.03. The van der Waals surface area contributed by atoms with Crippen molar-refractivity contribution in [3.05, 3.63) is 77.0 Å². The van der Waals surface area contributed by atoms with Gasteiger partial charge in [-0.2, -0.15) is 4.31 Å². The highest BCUT2D eigenvalue weighted by Crippen LogP contribution is 2.33. The number of piperazine rings is 1. The Hall–Kier alpha value is -3.21. The summed E-state index contributed by atoms with van der Waals surface area (Å²) in [7, 11) is -3.63. The molecule has 2 atom stereocenters. The van der Waals surface area contributed by atoms with E-state index in [0.717, 1.165) is 11.1 Å². The summed E-state index contributed by atoms with van der Waals surface area (Å²) in [5.41, 5.74) is 2.82. The number of nitrogens with one attached hydrogen (secondary N) is 1. The number of likely N-dealkylation sites (N-methyl/N-ethyl adjacent to an activating group) is 1. The Morgan fingerprint density at radius 2 is 1.82 bits per heavy atom. The lowest BCUT2D eigenvalue weighted by Gasteiger charge is -2.42. The van der Waals surface area contributed by atoms with Crippen molar-refractivity contribution in [3.63, 3.8) is 0 Å². The van der Waals surface area contributed by atoms with Crippen molar-refractivity contribution in [2.75, 3.05) is 39.3 Å². The molecule has 0 saturated carbocycles. The SMILES string of the molecule is CCOC(=O)C1=C(CN2CCN(S(=O)(=O)c3ccccc3)[C@@H](C)C2)N(CC)C(=O)N[C@H]1c1cccc(C)c1. The van der Waals surface area contributed by atoms with Crippen LogP contribution in [0.1, 0.15) is 37.9 Å². The van der Waals surface area contributed by atoms with E-state index in [9.17, 15) is 18.0 Å². The number of sulfonamides is 1. The van der Waals surface area contributed by atoms with Gasteiger partial charge in [0.2, 0.25) is 10.0 Å². The molecule has 1 saturated heterocycles. The first-order valence-corrected chi connectivity index (χ1v) is 14.4. The molecule has 0 aliphatic carbocycles. The first-order chi connectivity index (χ1) is 18.2. The number of aryl methyl sites for hydroxylation is 1. The van der Waals surface area contributed by atoms with Gasteiger partial charge in [0.15, 0.2) is 0 Å². The van der Waals surface area contributed by atoms with Crippen LogP contribution >= 0.6 is 0 Å². The minimum absolute atomic E-state index is 0.212. The lowest BCUT2D eigenvalue weighted by atomic mass is 9.93. The summed E-state index contributed by atoms with van der Waals surface area (Å²) >= 11 is 0. The normalized spacial score (nSPS) is 21.4. The smallest absolute Gasteiger partial charge is 0.338 e. The van der Waals surface area contributed by atoms with Crippen molar-refractivity contribution in [3.8, 4) is 0 Å². The maximum Gasteiger partial charge on any atom is 0.338 e. The molecule has 2 amide bonds. The van der Waals surface area contributed by atoms with Crippen LogP contribution in [0.25, 0.3) is 0 Å². The average molecular weight is 541 g/mol. The van der Waals surface area contributed by atoms with Crippen molar-refractivity contribution >= 4 is 22.0 Å². The van der Waals surface area contributed by atoms with Crippen LogP contribution in [-0.4, -0.2) is 79.9 Å². The number of benzene rings is 2. The molecule has 38 heavy (non-hydrogen) atoms. The summed E-state index contributed by atoms with van der Waals surface area (Å²) in [5.74, 6) is -0.467. The topological polar surface area (TPSA) is 99.3 Å². The molecule has 0 unspecified atom stereocenters. The molecule has 9 nitrogen and oxygen atoms in total. The highest BCUT2D eigenvalue weighted by molar-refractivity contribution is 7.89. The van der Waals surface area contributed by atoms with E-state index in [0.29, 0.717) is 44.0 Å². The molecule has 204 valence electrons.